The highest BCUT2D eigenvalue weighted by Crippen LogP contribution is 2.27. The van der Waals surface area contributed by atoms with E-state index >= 15 is 0 Å². The lowest BCUT2D eigenvalue weighted by atomic mass is 10.1. The highest BCUT2D eigenvalue weighted by molar-refractivity contribution is 6.31. The average molecular weight is 308 g/mol. The molecular weight excluding hydrogens is 290 g/mol. The van der Waals surface area contributed by atoms with Crippen LogP contribution in [0.15, 0.2) is 30.6 Å². The Morgan fingerprint density at radius 3 is 2.81 bits per heavy atom. The van der Waals surface area contributed by atoms with Crippen LogP contribution >= 0.6 is 11.6 Å². The number of aryl methyl sites for hydroxylation is 2. The highest BCUT2D eigenvalue weighted by Gasteiger charge is 2.31. The Balaban J connectivity index is 1.93. The van der Waals surface area contributed by atoms with Crippen molar-refractivity contribution in [2.24, 2.45) is 14.1 Å². The second-order valence-electron chi connectivity index (χ2n) is 5.29. The van der Waals surface area contributed by atoms with Gasteiger partial charge < -0.3 is 18.8 Å². The number of aromatic nitrogens is 2. The molecule has 0 radical (unpaired) electrons. The summed E-state index contributed by atoms with van der Waals surface area (Å²) in [5, 5.41) is 0.574. The third-order valence-corrected chi connectivity index (χ3v) is 4.11. The fourth-order valence-electron chi connectivity index (χ4n) is 2.80. The molecule has 0 unspecified atom stereocenters. The Labute approximate surface area is 128 Å². The summed E-state index contributed by atoms with van der Waals surface area (Å²) in [7, 11) is 3.81. The van der Waals surface area contributed by atoms with E-state index in [1.165, 1.54) is 0 Å². The van der Waals surface area contributed by atoms with Gasteiger partial charge in [-0.1, -0.05) is 11.6 Å². The molecule has 0 bridgehead atoms. The maximum Gasteiger partial charge on any atom is 0.271 e. The van der Waals surface area contributed by atoms with E-state index < -0.39 is 0 Å². The lowest BCUT2D eigenvalue weighted by Gasteiger charge is -2.36. The molecule has 0 spiro atoms. The van der Waals surface area contributed by atoms with Crippen LogP contribution < -0.4 is 0 Å². The minimum atomic E-state index is -0.0695. The Kier molecular flexibility index (Phi) is 3.78. The quantitative estimate of drug-likeness (QED) is 0.853. The highest BCUT2D eigenvalue weighted by atomic mass is 35.5. The number of carbonyl (C=O) groups is 1. The molecule has 1 saturated heterocycles. The van der Waals surface area contributed by atoms with Crippen molar-refractivity contribution in [2.45, 2.75) is 6.04 Å². The fourth-order valence-corrected chi connectivity index (χ4v) is 3.05. The molecule has 1 atom stereocenters. The fraction of sp³-hybridized carbons (Fsp3) is 0.400. The van der Waals surface area contributed by atoms with Crippen LogP contribution in [-0.2, 0) is 18.8 Å². The first kappa shape index (κ1) is 14.2. The average Bonchev–Trinajstić information content (AvgIpc) is 3.03. The van der Waals surface area contributed by atoms with Gasteiger partial charge in [0.15, 0.2) is 0 Å². The lowest BCUT2D eigenvalue weighted by molar-refractivity contribution is -0.00512. The van der Waals surface area contributed by atoms with Gasteiger partial charge in [-0.15, -0.1) is 0 Å². The van der Waals surface area contributed by atoms with Gasteiger partial charge in [0.25, 0.3) is 5.91 Å². The van der Waals surface area contributed by atoms with E-state index in [4.69, 9.17) is 16.3 Å². The zero-order valence-electron chi connectivity index (χ0n) is 12.1. The first-order chi connectivity index (χ1) is 10.1. The number of hydrogen-bond acceptors (Lipinski definition) is 2. The Morgan fingerprint density at radius 2 is 2.19 bits per heavy atom. The van der Waals surface area contributed by atoms with Gasteiger partial charge in [0.1, 0.15) is 5.69 Å². The second-order valence-corrected chi connectivity index (χ2v) is 5.72. The predicted octanol–water partition coefficient (Wildman–Crippen LogP) is 2.23. The summed E-state index contributed by atoms with van der Waals surface area (Å²) in [6.45, 7) is 1.66. The van der Waals surface area contributed by atoms with Gasteiger partial charge in [-0.2, -0.15) is 0 Å². The van der Waals surface area contributed by atoms with Crippen LogP contribution in [-0.4, -0.2) is 39.7 Å². The number of ether oxygens (including phenoxy) is 1. The number of rotatable bonds is 2. The zero-order chi connectivity index (χ0) is 15.0. The molecule has 1 aliphatic rings. The first-order valence-corrected chi connectivity index (χ1v) is 7.27. The molecule has 0 aliphatic carbocycles. The summed E-state index contributed by atoms with van der Waals surface area (Å²) >= 11 is 5.99. The molecule has 3 heterocycles. The van der Waals surface area contributed by atoms with E-state index in [0.29, 0.717) is 30.5 Å². The molecule has 2 aromatic rings. The smallest absolute Gasteiger partial charge is 0.271 e. The topological polar surface area (TPSA) is 39.4 Å². The molecule has 0 aromatic carbocycles. The molecule has 1 fully saturated rings. The van der Waals surface area contributed by atoms with Crippen LogP contribution in [0.25, 0.3) is 0 Å². The van der Waals surface area contributed by atoms with Crippen LogP contribution in [0.5, 0.6) is 0 Å². The van der Waals surface area contributed by atoms with Gasteiger partial charge >= 0.3 is 0 Å². The molecule has 0 saturated carbocycles. The molecule has 21 heavy (non-hydrogen) atoms. The first-order valence-electron chi connectivity index (χ1n) is 6.89. The number of hydrogen-bond donors (Lipinski definition) is 0. The molecule has 3 rings (SSSR count). The summed E-state index contributed by atoms with van der Waals surface area (Å²) < 4.78 is 9.36. The molecule has 112 valence electrons. The number of carbonyl (C=O) groups excluding carboxylic acids is 1. The standard InChI is InChI=1S/C15H18ClN3O2/c1-17-5-3-4-12(17)14-10-21-7-6-19(14)15(20)13-8-11(16)9-18(13)2/h3-5,8-9,14H,6-7,10H2,1-2H3/t14-/m0/s1. The SMILES string of the molecule is Cn1cc(Cl)cc1C(=O)N1CCOC[C@H]1c1cccn1C. The molecule has 1 amide bonds. The van der Waals surface area contributed by atoms with Crippen molar-refractivity contribution in [2.75, 3.05) is 19.8 Å². The molecule has 2 aromatic heterocycles. The number of morpholine rings is 1. The van der Waals surface area contributed by atoms with E-state index in [1.807, 2.05) is 41.9 Å². The van der Waals surface area contributed by atoms with Crippen molar-refractivity contribution in [3.05, 3.63) is 47.0 Å². The van der Waals surface area contributed by atoms with Crippen molar-refractivity contribution in [1.29, 1.82) is 0 Å². The predicted molar refractivity (Wildman–Crippen MR) is 80.4 cm³/mol. The molecule has 5 nitrogen and oxygen atoms in total. The minimum Gasteiger partial charge on any atom is -0.377 e. The largest absolute Gasteiger partial charge is 0.377 e. The second kappa shape index (κ2) is 5.58. The van der Waals surface area contributed by atoms with E-state index in [9.17, 15) is 4.79 Å². The third kappa shape index (κ3) is 2.59. The number of halogens is 1. The van der Waals surface area contributed by atoms with Crippen LogP contribution in [0.3, 0.4) is 0 Å². The van der Waals surface area contributed by atoms with Crippen LogP contribution in [0.4, 0.5) is 0 Å². The van der Waals surface area contributed by atoms with Gasteiger partial charge in [-0.3, -0.25) is 4.79 Å². The van der Waals surface area contributed by atoms with E-state index in [-0.39, 0.29) is 11.9 Å². The maximum absolute atomic E-state index is 12.8. The third-order valence-electron chi connectivity index (χ3n) is 3.91. The Bertz CT molecular complexity index is 662. The number of amides is 1. The van der Waals surface area contributed by atoms with Crippen molar-refractivity contribution >= 4 is 17.5 Å². The normalized spacial score (nSPS) is 19.0. The van der Waals surface area contributed by atoms with Crippen molar-refractivity contribution in [3.8, 4) is 0 Å². The molecule has 6 heteroatoms. The van der Waals surface area contributed by atoms with Crippen molar-refractivity contribution < 1.29 is 9.53 Å². The summed E-state index contributed by atoms with van der Waals surface area (Å²) in [6.07, 6.45) is 3.72. The van der Waals surface area contributed by atoms with Gasteiger partial charge in [-0.05, 0) is 18.2 Å². The lowest BCUT2D eigenvalue weighted by Crippen LogP contribution is -2.44. The van der Waals surface area contributed by atoms with Crippen molar-refractivity contribution in [3.63, 3.8) is 0 Å². The van der Waals surface area contributed by atoms with E-state index in [2.05, 4.69) is 0 Å². The summed E-state index contributed by atoms with van der Waals surface area (Å²) in [6, 6.07) is 5.64. The van der Waals surface area contributed by atoms with Gasteiger partial charge in [0.2, 0.25) is 0 Å². The van der Waals surface area contributed by atoms with E-state index in [1.54, 1.807) is 16.8 Å². The van der Waals surface area contributed by atoms with Crippen LogP contribution in [0, 0.1) is 0 Å². The molecular formula is C15H18ClN3O2. The van der Waals surface area contributed by atoms with Gasteiger partial charge in [0.05, 0.1) is 24.3 Å². The monoisotopic (exact) mass is 307 g/mol. The van der Waals surface area contributed by atoms with Gasteiger partial charge in [0, 0.05) is 38.7 Å². The van der Waals surface area contributed by atoms with Crippen molar-refractivity contribution in [1.82, 2.24) is 14.0 Å². The van der Waals surface area contributed by atoms with E-state index in [0.717, 1.165) is 5.69 Å². The van der Waals surface area contributed by atoms with Crippen LogP contribution in [0.1, 0.15) is 22.2 Å². The molecule has 0 N–H and O–H groups in total. The zero-order valence-corrected chi connectivity index (χ0v) is 12.9. The number of nitrogens with zero attached hydrogens (tertiary/aromatic N) is 3. The summed E-state index contributed by atoms with van der Waals surface area (Å²) in [5.74, 6) is -0.0149. The summed E-state index contributed by atoms with van der Waals surface area (Å²) in [4.78, 5) is 14.7. The minimum absolute atomic E-state index is 0.0149. The van der Waals surface area contributed by atoms with Gasteiger partial charge in [-0.25, -0.2) is 0 Å². The Morgan fingerprint density at radius 1 is 1.38 bits per heavy atom. The maximum atomic E-state index is 12.8. The molecule has 1 aliphatic heterocycles. The Hall–Kier alpha value is -1.72. The van der Waals surface area contributed by atoms with Crippen LogP contribution in [0.2, 0.25) is 5.02 Å². The summed E-state index contributed by atoms with van der Waals surface area (Å²) in [5.41, 5.74) is 1.67.